The molecule has 9 heteroatoms. The molecule has 1 N–H and O–H groups in total. The van der Waals surface area contributed by atoms with Gasteiger partial charge in [0.2, 0.25) is 0 Å². The minimum atomic E-state index is -4.49. The normalized spacial score (nSPS) is 13.9. The first-order valence-corrected chi connectivity index (χ1v) is 19.2. The van der Waals surface area contributed by atoms with Crippen LogP contribution in [0.3, 0.4) is 0 Å². The number of hydrogen-bond donors (Lipinski definition) is 1. The van der Waals surface area contributed by atoms with Gasteiger partial charge in [0.1, 0.15) is 24.4 Å². The number of aromatic nitrogens is 1. The number of benzene rings is 6. The molecule has 0 radical (unpaired) electrons. The van der Waals surface area contributed by atoms with Gasteiger partial charge in [-0.2, -0.15) is 13.2 Å². The average molecular weight is 784 g/mol. The zero-order chi connectivity index (χ0) is 40.2. The lowest BCUT2D eigenvalue weighted by atomic mass is 9.92. The second-order valence-electron chi connectivity index (χ2n) is 14.0. The molecule has 0 aliphatic carbocycles. The zero-order valence-corrected chi connectivity index (χ0v) is 31.7. The summed E-state index contributed by atoms with van der Waals surface area (Å²) in [7, 11) is 0. The van der Waals surface area contributed by atoms with Gasteiger partial charge in [-0.15, -0.1) is 0 Å². The van der Waals surface area contributed by atoms with Crippen molar-refractivity contribution in [1.29, 1.82) is 0 Å². The monoisotopic (exact) mass is 783 g/mol. The fourth-order valence-corrected chi connectivity index (χ4v) is 6.82. The van der Waals surface area contributed by atoms with Gasteiger partial charge in [0, 0.05) is 10.9 Å². The smallest absolute Gasteiger partial charge is 0.388 e. The molecule has 0 unspecified atom stereocenters. The van der Waals surface area contributed by atoms with Crippen LogP contribution < -0.4 is 0 Å². The molecule has 0 saturated heterocycles. The minimum Gasteiger partial charge on any atom is -0.388 e. The summed E-state index contributed by atoms with van der Waals surface area (Å²) in [6, 6.07) is 53.2. The van der Waals surface area contributed by atoms with E-state index in [4.69, 9.17) is 23.9 Å². The average Bonchev–Trinajstić information content (AvgIpc) is 3.26. The van der Waals surface area contributed by atoms with E-state index in [1.54, 1.807) is 0 Å². The lowest BCUT2D eigenvalue weighted by Crippen LogP contribution is -2.47. The molecule has 0 amide bonds. The maximum Gasteiger partial charge on any atom is 0.416 e. The van der Waals surface area contributed by atoms with E-state index >= 15 is 0 Å². The van der Waals surface area contributed by atoms with E-state index in [0.717, 1.165) is 39.8 Å². The fraction of sp³-hybridized carbons (Fsp3) is 0.204. The SMILES string of the molecule is O[C@H](COCc1ccccc1)[C@@H](OCc1ccccc1)[C@H](OCc1ccccc1)[C@H](OCc1ccccc1)c1cc(-c2ccc(C(F)(F)F)cc2)nc2ccccc12. The molecule has 0 spiro atoms. The molecule has 6 nitrogen and oxygen atoms in total. The summed E-state index contributed by atoms with van der Waals surface area (Å²) in [5.74, 6) is 0. The van der Waals surface area contributed by atoms with Crippen LogP contribution in [-0.4, -0.2) is 35.0 Å². The molecule has 0 bridgehead atoms. The summed E-state index contributed by atoms with van der Waals surface area (Å²) < 4.78 is 67.5. The van der Waals surface area contributed by atoms with Crippen LogP contribution in [0.15, 0.2) is 176 Å². The predicted molar refractivity (Wildman–Crippen MR) is 218 cm³/mol. The van der Waals surface area contributed by atoms with E-state index in [1.807, 2.05) is 152 Å². The highest BCUT2D eigenvalue weighted by Gasteiger charge is 2.39. The minimum absolute atomic E-state index is 0.0706. The van der Waals surface area contributed by atoms with Gasteiger partial charge in [0.05, 0.1) is 49.8 Å². The van der Waals surface area contributed by atoms with Gasteiger partial charge in [-0.05, 0) is 52.1 Å². The van der Waals surface area contributed by atoms with E-state index in [2.05, 4.69) is 0 Å². The molecular weight excluding hydrogens is 740 g/mol. The van der Waals surface area contributed by atoms with Gasteiger partial charge in [-0.1, -0.05) is 152 Å². The van der Waals surface area contributed by atoms with E-state index in [9.17, 15) is 18.3 Å². The number of alkyl halides is 3. The predicted octanol–water partition coefficient (Wildman–Crippen LogP) is 10.9. The highest BCUT2D eigenvalue weighted by molar-refractivity contribution is 5.85. The van der Waals surface area contributed by atoms with Crippen molar-refractivity contribution >= 4 is 10.9 Å². The van der Waals surface area contributed by atoms with Gasteiger partial charge in [-0.3, -0.25) is 0 Å². The van der Waals surface area contributed by atoms with E-state index in [1.165, 1.54) is 12.1 Å². The summed E-state index contributed by atoms with van der Waals surface area (Å²) in [5.41, 5.74) is 5.13. The third kappa shape index (κ3) is 10.8. The maximum atomic E-state index is 13.6. The molecule has 296 valence electrons. The first-order chi connectivity index (χ1) is 28.3. The molecule has 6 aromatic carbocycles. The number of rotatable bonds is 18. The largest absolute Gasteiger partial charge is 0.416 e. The third-order valence-corrected chi connectivity index (χ3v) is 9.81. The molecule has 58 heavy (non-hydrogen) atoms. The van der Waals surface area contributed by atoms with Crippen molar-refractivity contribution in [2.45, 2.75) is 57.0 Å². The molecule has 0 saturated carbocycles. The van der Waals surface area contributed by atoms with Crippen molar-refractivity contribution in [3.8, 4) is 11.3 Å². The van der Waals surface area contributed by atoms with Crippen molar-refractivity contribution in [3.05, 3.63) is 209 Å². The second kappa shape index (κ2) is 19.7. The van der Waals surface area contributed by atoms with Gasteiger partial charge < -0.3 is 24.1 Å². The Morgan fingerprint density at radius 2 is 0.983 bits per heavy atom. The van der Waals surface area contributed by atoms with Crippen molar-refractivity contribution in [1.82, 2.24) is 4.98 Å². The number of nitrogens with zero attached hydrogens (tertiary/aromatic N) is 1. The number of fused-ring (bicyclic) bond motifs is 1. The van der Waals surface area contributed by atoms with Gasteiger partial charge >= 0.3 is 6.18 Å². The van der Waals surface area contributed by atoms with Crippen LogP contribution in [0.5, 0.6) is 0 Å². The molecule has 1 heterocycles. The van der Waals surface area contributed by atoms with E-state index in [-0.39, 0.29) is 33.0 Å². The Bertz CT molecular complexity index is 2290. The zero-order valence-electron chi connectivity index (χ0n) is 31.7. The number of para-hydroxylation sites is 1. The Balaban J connectivity index is 1.34. The van der Waals surface area contributed by atoms with Crippen LogP contribution in [0.2, 0.25) is 0 Å². The Hall–Kier alpha value is -5.68. The van der Waals surface area contributed by atoms with Crippen LogP contribution in [0.25, 0.3) is 22.2 Å². The quantitative estimate of drug-likeness (QED) is 0.0935. The van der Waals surface area contributed by atoms with E-state index < -0.39 is 36.2 Å². The summed E-state index contributed by atoms with van der Waals surface area (Å²) in [6.45, 7) is 0.701. The summed E-state index contributed by atoms with van der Waals surface area (Å²) >= 11 is 0. The van der Waals surface area contributed by atoms with Gasteiger partial charge in [-0.25, -0.2) is 4.98 Å². The van der Waals surface area contributed by atoms with Crippen LogP contribution in [0, 0.1) is 0 Å². The van der Waals surface area contributed by atoms with Crippen molar-refractivity contribution in [2.24, 2.45) is 0 Å². The topological polar surface area (TPSA) is 70.0 Å². The van der Waals surface area contributed by atoms with Crippen molar-refractivity contribution in [2.75, 3.05) is 6.61 Å². The molecule has 7 rings (SSSR count). The van der Waals surface area contributed by atoms with Crippen LogP contribution in [0.1, 0.15) is 39.5 Å². The third-order valence-electron chi connectivity index (χ3n) is 9.81. The molecule has 4 atom stereocenters. The van der Waals surface area contributed by atoms with Gasteiger partial charge in [0.15, 0.2) is 0 Å². The lowest BCUT2D eigenvalue weighted by molar-refractivity contribution is -0.189. The number of aliphatic hydroxyl groups excluding tert-OH is 1. The lowest BCUT2D eigenvalue weighted by Gasteiger charge is -2.37. The molecule has 0 aliphatic heterocycles. The Morgan fingerprint density at radius 3 is 1.52 bits per heavy atom. The first-order valence-electron chi connectivity index (χ1n) is 19.2. The highest BCUT2D eigenvalue weighted by Crippen LogP contribution is 2.38. The van der Waals surface area contributed by atoms with Crippen molar-refractivity contribution < 1.29 is 37.2 Å². The molecule has 0 aliphatic rings. The van der Waals surface area contributed by atoms with Gasteiger partial charge in [0.25, 0.3) is 0 Å². The summed E-state index contributed by atoms with van der Waals surface area (Å²) in [5, 5.41) is 12.9. The fourth-order valence-electron chi connectivity index (χ4n) is 6.82. The number of halogens is 3. The molecular formula is C49H44F3NO5. The molecule has 1 aromatic heterocycles. The number of aliphatic hydroxyl groups is 1. The Morgan fingerprint density at radius 1 is 0.517 bits per heavy atom. The Kier molecular flexibility index (Phi) is 13.7. The molecule has 0 fully saturated rings. The van der Waals surface area contributed by atoms with Crippen LogP contribution >= 0.6 is 0 Å². The first kappa shape index (κ1) is 40.5. The summed E-state index contributed by atoms with van der Waals surface area (Å²) in [4.78, 5) is 4.90. The number of hydrogen-bond acceptors (Lipinski definition) is 6. The van der Waals surface area contributed by atoms with Crippen LogP contribution in [-0.2, 0) is 51.6 Å². The number of pyridine rings is 1. The van der Waals surface area contributed by atoms with Crippen molar-refractivity contribution in [3.63, 3.8) is 0 Å². The Labute approximate surface area is 336 Å². The summed E-state index contributed by atoms with van der Waals surface area (Å²) in [6.07, 6.45) is -8.51. The van der Waals surface area contributed by atoms with E-state index in [0.29, 0.717) is 22.3 Å². The number of ether oxygens (including phenoxy) is 4. The highest BCUT2D eigenvalue weighted by atomic mass is 19.4. The second-order valence-corrected chi connectivity index (χ2v) is 14.0. The van der Waals surface area contributed by atoms with Crippen LogP contribution in [0.4, 0.5) is 13.2 Å². The maximum absolute atomic E-state index is 13.6. The standard InChI is InChI=1S/C49H44F3NO5/c50-49(51,52)40-27-25-39(26-28-40)44-29-42(41-23-13-14-24-43(41)53-44)46(56-31-36-17-7-2-8-18-36)48(58-33-38-21-11-4-12-22-38)47(57-32-37-19-9-3-10-20-37)45(54)34-55-30-35-15-5-1-6-16-35/h1-29,45-48,54H,30-34H2/t45-,46-,47-,48-/m1/s1. The molecule has 7 aromatic rings.